The van der Waals surface area contributed by atoms with Crippen LogP contribution in [0.2, 0.25) is 0 Å². The second kappa shape index (κ2) is 16.5. The Balaban J connectivity index is 1.05. The highest BCUT2D eigenvalue weighted by Crippen LogP contribution is 2.47. The summed E-state index contributed by atoms with van der Waals surface area (Å²) >= 11 is 3.79. The minimum absolute atomic E-state index is 0.123. The molecule has 70 heavy (non-hydrogen) atoms. The first-order valence-electron chi connectivity index (χ1n) is 24.7. The third kappa shape index (κ3) is 6.61. The van der Waals surface area contributed by atoms with Gasteiger partial charge in [-0.2, -0.15) is 0 Å². The maximum absolute atomic E-state index is 6.29. The standard InChI is InChI=1S/C66H48N2S2/c1-3-49-50(46-22-15-21-43(34-46)41-16-5-4-6-17-41)31-28-40(2)64(67-65(49)47-30-33-61-56(36-47)52-24-11-13-26-59(52)69-61)57-38-48(39-62-63(57)54-25-12-14-27-60(54)70-62)68-58-37-45-20-8-7-19-44(45)35-55(58)53-32-29-42-18-9-10-23-51(42)66(53)68/h4-27,29-40,49,65H,3,28H2,1-2H3/b50-31+,67-64+. The van der Waals surface area contributed by atoms with E-state index in [0.717, 1.165) is 12.8 Å². The van der Waals surface area contributed by atoms with Gasteiger partial charge in [-0.15, -0.1) is 22.7 Å². The first kappa shape index (κ1) is 41.4. The number of rotatable bonds is 6. The molecule has 0 aliphatic carbocycles. The van der Waals surface area contributed by atoms with Crippen LogP contribution in [0.3, 0.4) is 0 Å². The highest BCUT2D eigenvalue weighted by molar-refractivity contribution is 7.26. The zero-order valence-electron chi connectivity index (χ0n) is 39.1. The molecule has 4 heteroatoms. The lowest BCUT2D eigenvalue weighted by Gasteiger charge is -2.32. The zero-order chi connectivity index (χ0) is 46.5. The summed E-state index contributed by atoms with van der Waals surface area (Å²) in [4.78, 5) is 6.29. The Morgan fingerprint density at radius 2 is 1.17 bits per heavy atom. The van der Waals surface area contributed by atoms with Gasteiger partial charge < -0.3 is 4.57 Å². The fraction of sp³-hybridized carbons (Fsp3) is 0.106. The van der Waals surface area contributed by atoms with E-state index in [2.05, 4.69) is 231 Å². The summed E-state index contributed by atoms with van der Waals surface area (Å²) in [5.41, 5.74) is 12.5. The van der Waals surface area contributed by atoms with Gasteiger partial charge >= 0.3 is 0 Å². The van der Waals surface area contributed by atoms with Crippen LogP contribution in [0.5, 0.6) is 0 Å². The van der Waals surface area contributed by atoms with Crippen molar-refractivity contribution in [3.05, 3.63) is 229 Å². The van der Waals surface area contributed by atoms with E-state index in [4.69, 9.17) is 4.99 Å². The highest BCUT2D eigenvalue weighted by atomic mass is 32.1. The molecule has 0 saturated carbocycles. The van der Waals surface area contributed by atoms with Crippen molar-refractivity contribution in [2.24, 2.45) is 16.8 Å². The van der Waals surface area contributed by atoms with Crippen LogP contribution in [0.1, 0.15) is 49.4 Å². The van der Waals surface area contributed by atoms with Gasteiger partial charge in [0.05, 0.1) is 17.1 Å². The number of hydrogen-bond acceptors (Lipinski definition) is 3. The Morgan fingerprint density at radius 1 is 0.500 bits per heavy atom. The third-order valence-electron chi connectivity index (χ3n) is 15.2. The maximum atomic E-state index is 6.29. The van der Waals surface area contributed by atoms with Gasteiger partial charge in [-0.3, -0.25) is 4.99 Å². The average Bonchev–Trinajstić information content (AvgIpc) is 4.08. The second-order valence-corrected chi connectivity index (χ2v) is 21.4. The van der Waals surface area contributed by atoms with Gasteiger partial charge in [0.1, 0.15) is 0 Å². The smallest absolute Gasteiger partial charge is 0.0821 e. The lowest BCUT2D eigenvalue weighted by molar-refractivity contribution is 0.514. The molecule has 4 heterocycles. The van der Waals surface area contributed by atoms with E-state index in [1.807, 2.05) is 22.7 Å². The van der Waals surface area contributed by atoms with Gasteiger partial charge in [0.25, 0.3) is 0 Å². The first-order valence-corrected chi connectivity index (χ1v) is 26.3. The molecule has 0 amide bonds. The van der Waals surface area contributed by atoms with E-state index < -0.39 is 0 Å². The van der Waals surface area contributed by atoms with E-state index in [9.17, 15) is 0 Å². The van der Waals surface area contributed by atoms with Crippen LogP contribution in [-0.4, -0.2) is 10.3 Å². The monoisotopic (exact) mass is 932 g/mol. The van der Waals surface area contributed by atoms with Crippen LogP contribution in [0.15, 0.2) is 217 Å². The van der Waals surface area contributed by atoms with Gasteiger partial charge in [-0.25, -0.2) is 0 Å². The Labute approximate surface area is 415 Å². The molecule has 0 radical (unpaired) electrons. The van der Waals surface area contributed by atoms with Crippen molar-refractivity contribution in [1.29, 1.82) is 0 Å². The molecular formula is C66H48N2S2. The summed E-state index contributed by atoms with van der Waals surface area (Å²) in [6.45, 7) is 4.78. The molecule has 10 aromatic carbocycles. The fourth-order valence-corrected chi connectivity index (χ4v) is 14.1. The molecule has 1 aliphatic heterocycles. The first-order chi connectivity index (χ1) is 34.6. The Bertz CT molecular complexity index is 4300. The lowest BCUT2D eigenvalue weighted by Crippen LogP contribution is -2.22. The van der Waals surface area contributed by atoms with E-state index in [1.165, 1.54) is 128 Å². The van der Waals surface area contributed by atoms with Crippen LogP contribution in [0.4, 0.5) is 0 Å². The number of fused-ring (bicyclic) bond motifs is 12. The van der Waals surface area contributed by atoms with E-state index in [-0.39, 0.29) is 17.9 Å². The van der Waals surface area contributed by atoms with E-state index in [0.29, 0.717) is 0 Å². The molecule has 1 aliphatic rings. The number of nitrogens with zero attached hydrogens (tertiary/aromatic N) is 2. The number of allylic oxidation sites excluding steroid dienone is 1. The van der Waals surface area contributed by atoms with Gasteiger partial charge in [-0.1, -0.05) is 172 Å². The molecule has 0 spiro atoms. The molecule has 2 nitrogen and oxygen atoms in total. The molecule has 3 unspecified atom stereocenters. The second-order valence-electron chi connectivity index (χ2n) is 19.3. The van der Waals surface area contributed by atoms with Gasteiger partial charge in [-0.05, 0) is 111 Å². The summed E-state index contributed by atoms with van der Waals surface area (Å²) in [5, 5.41) is 12.8. The summed E-state index contributed by atoms with van der Waals surface area (Å²) in [6, 6.07) is 77.1. The quantitative estimate of drug-likeness (QED) is 0.158. The van der Waals surface area contributed by atoms with Gasteiger partial charge in [0.15, 0.2) is 0 Å². The van der Waals surface area contributed by atoms with Crippen molar-refractivity contribution in [3.63, 3.8) is 0 Å². The third-order valence-corrected chi connectivity index (χ3v) is 17.5. The number of hydrogen-bond donors (Lipinski definition) is 0. The Kier molecular flexibility index (Phi) is 9.76. The zero-order valence-corrected chi connectivity index (χ0v) is 40.7. The van der Waals surface area contributed by atoms with Crippen molar-refractivity contribution in [1.82, 2.24) is 4.57 Å². The average molecular weight is 933 g/mol. The predicted octanol–water partition coefficient (Wildman–Crippen LogP) is 19.2. The lowest BCUT2D eigenvalue weighted by atomic mass is 9.78. The predicted molar refractivity (Wildman–Crippen MR) is 305 cm³/mol. The molecule has 0 saturated heterocycles. The van der Waals surface area contributed by atoms with Crippen LogP contribution >= 0.6 is 22.7 Å². The molecule has 0 N–H and O–H groups in total. The van der Waals surface area contributed by atoms with Gasteiger partial charge in [0, 0.05) is 85.3 Å². The molecule has 3 aromatic heterocycles. The minimum Gasteiger partial charge on any atom is -0.309 e. The number of aromatic nitrogens is 1. The SMILES string of the molecule is CCC1/C(c2cccc(-c3ccccc3)c2)=C/CC(C)/C(c2cc(-n3c4cc5ccccc5cc4c4ccc5ccccc5c43)cc3sc4ccccc4c23)=N\C1c1ccc2sc3ccccc3c2c1. The highest BCUT2D eigenvalue weighted by Gasteiger charge is 2.32. The van der Waals surface area contributed by atoms with Crippen molar-refractivity contribution in [2.75, 3.05) is 0 Å². The summed E-state index contributed by atoms with van der Waals surface area (Å²) in [7, 11) is 0. The molecule has 13 aromatic rings. The number of thiophene rings is 2. The van der Waals surface area contributed by atoms with E-state index in [1.54, 1.807) is 0 Å². The maximum Gasteiger partial charge on any atom is 0.0821 e. The fourth-order valence-electron chi connectivity index (χ4n) is 11.9. The number of aliphatic imine (C=N–C) groups is 1. The van der Waals surface area contributed by atoms with Crippen LogP contribution in [0, 0.1) is 11.8 Å². The Morgan fingerprint density at radius 3 is 2.00 bits per heavy atom. The summed E-state index contributed by atoms with van der Waals surface area (Å²) in [6.07, 6.45) is 4.40. The summed E-state index contributed by atoms with van der Waals surface area (Å²) < 4.78 is 7.79. The molecule has 334 valence electrons. The minimum atomic E-state index is -0.135. The van der Waals surface area contributed by atoms with Crippen molar-refractivity contribution in [2.45, 2.75) is 32.7 Å². The van der Waals surface area contributed by atoms with Crippen LogP contribution in [-0.2, 0) is 0 Å². The van der Waals surface area contributed by atoms with Crippen molar-refractivity contribution < 1.29 is 0 Å². The molecule has 14 rings (SSSR count). The van der Waals surface area contributed by atoms with Gasteiger partial charge in [0.2, 0.25) is 0 Å². The van der Waals surface area contributed by atoms with Crippen LogP contribution in [0.25, 0.3) is 106 Å². The molecular weight excluding hydrogens is 885 g/mol. The number of benzene rings is 10. The van der Waals surface area contributed by atoms with E-state index >= 15 is 0 Å². The summed E-state index contributed by atoms with van der Waals surface area (Å²) in [5.74, 6) is 0.254. The topological polar surface area (TPSA) is 17.3 Å². The van der Waals surface area contributed by atoms with Crippen molar-refractivity contribution in [3.8, 4) is 16.8 Å². The normalized spacial score (nSPS) is 18.2. The largest absolute Gasteiger partial charge is 0.309 e. The van der Waals surface area contributed by atoms with Crippen LogP contribution < -0.4 is 0 Å². The molecule has 3 atom stereocenters. The molecule has 0 bridgehead atoms. The Hall–Kier alpha value is -7.63. The van der Waals surface area contributed by atoms with Crippen molar-refractivity contribution >= 4 is 118 Å². The molecule has 0 fully saturated rings.